The summed E-state index contributed by atoms with van der Waals surface area (Å²) >= 11 is 0. The van der Waals surface area contributed by atoms with Crippen LogP contribution in [0.5, 0.6) is 0 Å². The van der Waals surface area contributed by atoms with Crippen molar-refractivity contribution in [2.24, 2.45) is 0 Å². The summed E-state index contributed by atoms with van der Waals surface area (Å²) in [6.07, 6.45) is 0. The highest BCUT2D eigenvalue weighted by Crippen LogP contribution is 2.17. The second kappa shape index (κ2) is 7.84. The Bertz CT molecular complexity index is 676. The molecule has 23 heavy (non-hydrogen) atoms. The first kappa shape index (κ1) is 18.8. The van der Waals surface area contributed by atoms with E-state index in [1.807, 2.05) is 0 Å². The summed E-state index contributed by atoms with van der Waals surface area (Å²) in [5, 5.41) is 0. The summed E-state index contributed by atoms with van der Waals surface area (Å²) in [6, 6.07) is 5.16. The van der Waals surface area contributed by atoms with Gasteiger partial charge in [0.15, 0.2) is 5.78 Å². The minimum absolute atomic E-state index is 0.157. The van der Waals surface area contributed by atoms with Crippen LogP contribution in [0.1, 0.15) is 17.3 Å². The van der Waals surface area contributed by atoms with E-state index in [9.17, 15) is 22.8 Å². The Morgan fingerprint density at radius 1 is 0.957 bits per heavy atom. The first-order valence-corrected chi connectivity index (χ1v) is 7.91. The maximum Gasteiger partial charge on any atom is 0.321 e. The summed E-state index contributed by atoms with van der Waals surface area (Å²) in [5.74, 6) is -1.86. The minimum atomic E-state index is -4.13. The largest absolute Gasteiger partial charge is 0.468 e. The fourth-order valence-corrected chi connectivity index (χ4v) is 2.98. The molecular formula is C14H17NO7S. The van der Waals surface area contributed by atoms with Crippen LogP contribution in [0.2, 0.25) is 0 Å². The number of hydrogen-bond donors (Lipinski definition) is 0. The molecule has 0 N–H and O–H groups in total. The highest BCUT2D eigenvalue weighted by Gasteiger charge is 2.29. The molecule has 0 bridgehead atoms. The maximum atomic E-state index is 12.5. The molecule has 8 nitrogen and oxygen atoms in total. The van der Waals surface area contributed by atoms with E-state index in [-0.39, 0.29) is 10.7 Å². The fourth-order valence-electron chi connectivity index (χ4n) is 1.65. The number of benzene rings is 1. The van der Waals surface area contributed by atoms with Crippen LogP contribution in [0.3, 0.4) is 0 Å². The molecule has 1 rings (SSSR count). The molecule has 0 fully saturated rings. The molecule has 0 heterocycles. The number of Topliss-reactive ketones (excluding diaryl/α,β-unsaturated/α-hetero) is 1. The molecule has 0 radical (unpaired) electrons. The molecule has 0 aromatic heterocycles. The fraction of sp³-hybridized carbons (Fsp3) is 0.357. The number of esters is 2. The van der Waals surface area contributed by atoms with Gasteiger partial charge in [-0.1, -0.05) is 12.1 Å². The van der Waals surface area contributed by atoms with Gasteiger partial charge in [-0.15, -0.1) is 0 Å². The quantitative estimate of drug-likeness (QED) is 0.515. The molecule has 126 valence electrons. The number of methoxy groups -OCH3 is 2. The van der Waals surface area contributed by atoms with Crippen molar-refractivity contribution >= 4 is 27.7 Å². The van der Waals surface area contributed by atoms with Gasteiger partial charge >= 0.3 is 11.9 Å². The number of ketones is 1. The van der Waals surface area contributed by atoms with Gasteiger partial charge in [0.1, 0.15) is 13.1 Å². The van der Waals surface area contributed by atoms with Crippen molar-refractivity contribution in [1.29, 1.82) is 0 Å². The van der Waals surface area contributed by atoms with E-state index in [0.29, 0.717) is 9.87 Å². The summed E-state index contributed by atoms with van der Waals surface area (Å²) in [6.45, 7) is 0.0785. The number of carbonyl (C=O) groups excluding carboxylic acids is 3. The summed E-state index contributed by atoms with van der Waals surface area (Å²) in [4.78, 5) is 33.8. The smallest absolute Gasteiger partial charge is 0.321 e. The Kier molecular flexibility index (Phi) is 6.40. The second-order valence-electron chi connectivity index (χ2n) is 4.51. The van der Waals surface area contributed by atoms with Crippen molar-refractivity contribution in [3.8, 4) is 0 Å². The Morgan fingerprint density at radius 2 is 1.39 bits per heavy atom. The van der Waals surface area contributed by atoms with Crippen LogP contribution < -0.4 is 0 Å². The van der Waals surface area contributed by atoms with Crippen molar-refractivity contribution in [3.63, 3.8) is 0 Å². The molecule has 0 aliphatic rings. The number of rotatable bonds is 7. The van der Waals surface area contributed by atoms with Crippen LogP contribution in [-0.2, 0) is 29.1 Å². The van der Waals surface area contributed by atoms with Crippen LogP contribution >= 0.6 is 0 Å². The predicted molar refractivity (Wildman–Crippen MR) is 79.2 cm³/mol. The summed E-state index contributed by atoms with van der Waals surface area (Å²) < 4.78 is 34.6. The molecule has 1 aromatic rings. The van der Waals surface area contributed by atoms with Gasteiger partial charge in [0.25, 0.3) is 0 Å². The Morgan fingerprint density at radius 3 is 1.74 bits per heavy atom. The number of carbonyl (C=O) groups is 3. The van der Waals surface area contributed by atoms with Crippen molar-refractivity contribution in [2.45, 2.75) is 11.8 Å². The van der Waals surface area contributed by atoms with Gasteiger partial charge in [0.2, 0.25) is 10.0 Å². The molecule has 0 unspecified atom stereocenters. The number of ether oxygens (including phenoxy) is 2. The van der Waals surface area contributed by atoms with E-state index in [2.05, 4.69) is 9.47 Å². The molecular weight excluding hydrogens is 326 g/mol. The van der Waals surface area contributed by atoms with Crippen LogP contribution in [0.4, 0.5) is 0 Å². The maximum absolute atomic E-state index is 12.5. The van der Waals surface area contributed by atoms with Crippen LogP contribution in [0.15, 0.2) is 29.2 Å². The van der Waals surface area contributed by atoms with Crippen molar-refractivity contribution in [1.82, 2.24) is 4.31 Å². The lowest BCUT2D eigenvalue weighted by Gasteiger charge is -2.19. The van der Waals surface area contributed by atoms with E-state index >= 15 is 0 Å². The third-order valence-electron chi connectivity index (χ3n) is 2.96. The zero-order valence-electron chi connectivity index (χ0n) is 12.9. The molecule has 9 heteroatoms. The highest BCUT2D eigenvalue weighted by atomic mass is 32.2. The van der Waals surface area contributed by atoms with Crippen LogP contribution in [0, 0.1) is 0 Å². The van der Waals surface area contributed by atoms with E-state index in [1.54, 1.807) is 0 Å². The van der Waals surface area contributed by atoms with Gasteiger partial charge in [-0.25, -0.2) is 8.42 Å². The zero-order chi connectivity index (χ0) is 17.6. The number of sulfonamides is 1. The third kappa shape index (κ3) is 4.86. The normalized spacial score (nSPS) is 11.1. The van der Waals surface area contributed by atoms with E-state index < -0.39 is 35.1 Å². The number of nitrogens with zero attached hydrogens (tertiary/aromatic N) is 1. The average molecular weight is 343 g/mol. The molecule has 0 spiro atoms. The molecule has 0 saturated heterocycles. The van der Waals surface area contributed by atoms with Gasteiger partial charge in [-0.3, -0.25) is 14.4 Å². The molecule has 0 amide bonds. The minimum Gasteiger partial charge on any atom is -0.468 e. The predicted octanol–water partition coefficient (Wildman–Crippen LogP) is 0.226. The third-order valence-corrected chi connectivity index (χ3v) is 4.77. The summed E-state index contributed by atoms with van der Waals surface area (Å²) in [7, 11) is -1.93. The average Bonchev–Trinajstić information content (AvgIpc) is 2.53. The van der Waals surface area contributed by atoms with Gasteiger partial charge in [0.05, 0.1) is 19.1 Å². The molecule has 1 aromatic carbocycles. The highest BCUT2D eigenvalue weighted by molar-refractivity contribution is 7.89. The van der Waals surface area contributed by atoms with Crippen LogP contribution in [0.25, 0.3) is 0 Å². The molecule has 0 saturated carbocycles. The first-order chi connectivity index (χ1) is 10.7. The monoisotopic (exact) mass is 343 g/mol. The topological polar surface area (TPSA) is 107 Å². The van der Waals surface area contributed by atoms with Crippen LogP contribution in [-0.4, -0.2) is 57.8 Å². The Hall–Kier alpha value is -2.26. The van der Waals surface area contributed by atoms with Gasteiger partial charge in [0, 0.05) is 5.56 Å². The zero-order valence-corrected chi connectivity index (χ0v) is 13.8. The van der Waals surface area contributed by atoms with E-state index in [0.717, 1.165) is 14.2 Å². The van der Waals surface area contributed by atoms with Crippen molar-refractivity contribution < 1.29 is 32.3 Å². The lowest BCUT2D eigenvalue weighted by Crippen LogP contribution is -2.40. The van der Waals surface area contributed by atoms with Crippen molar-refractivity contribution in [3.05, 3.63) is 29.8 Å². The second-order valence-corrected chi connectivity index (χ2v) is 6.44. The van der Waals surface area contributed by atoms with Crippen molar-refractivity contribution in [2.75, 3.05) is 27.3 Å². The molecule has 0 aliphatic carbocycles. The lowest BCUT2D eigenvalue weighted by molar-refractivity contribution is -0.143. The summed E-state index contributed by atoms with van der Waals surface area (Å²) in [5.41, 5.74) is 0.344. The van der Waals surface area contributed by atoms with Gasteiger partial charge in [-0.05, 0) is 19.1 Å². The van der Waals surface area contributed by atoms with E-state index in [4.69, 9.17) is 0 Å². The molecule has 0 aliphatic heterocycles. The van der Waals surface area contributed by atoms with Gasteiger partial charge < -0.3 is 9.47 Å². The molecule has 0 atom stereocenters. The Balaban J connectivity index is 3.17. The lowest BCUT2D eigenvalue weighted by atomic mass is 10.2. The van der Waals surface area contributed by atoms with Gasteiger partial charge in [-0.2, -0.15) is 4.31 Å². The van der Waals surface area contributed by atoms with E-state index in [1.165, 1.54) is 31.2 Å². The number of hydrogen-bond acceptors (Lipinski definition) is 7. The standard InChI is InChI=1S/C14H17NO7S/c1-10(16)11-4-6-12(7-5-11)23(19,20)15(8-13(17)21-2)9-14(18)22-3/h4-7H,8-9H2,1-3H3. The Labute approximate surface area is 134 Å². The SMILES string of the molecule is COC(=O)CN(CC(=O)OC)S(=O)(=O)c1ccc(C(C)=O)cc1. The first-order valence-electron chi connectivity index (χ1n) is 6.47.